The average molecular weight is 429 g/mol. The Hall–Kier alpha value is -2.51. The molecule has 0 spiro atoms. The highest BCUT2D eigenvalue weighted by atomic mass is 32.1. The first-order valence-corrected chi connectivity index (χ1v) is 11.2. The molecule has 5 nitrogen and oxygen atoms in total. The molecule has 0 saturated heterocycles. The molecule has 0 saturated carbocycles. The van der Waals surface area contributed by atoms with Crippen LogP contribution in [0.3, 0.4) is 0 Å². The van der Waals surface area contributed by atoms with Gasteiger partial charge < -0.3 is 9.64 Å². The lowest BCUT2D eigenvalue weighted by atomic mass is 10.1. The zero-order valence-corrected chi connectivity index (χ0v) is 18.4. The highest BCUT2D eigenvalue weighted by molar-refractivity contribution is 7.17. The second-order valence-corrected chi connectivity index (χ2v) is 8.70. The Balaban J connectivity index is 1.86. The van der Waals surface area contributed by atoms with E-state index < -0.39 is 0 Å². The summed E-state index contributed by atoms with van der Waals surface area (Å²) in [6.45, 7) is 4.59. The number of carbonyl (C=O) groups excluding carboxylic acids is 2. The molecule has 2 heterocycles. The Morgan fingerprint density at radius 1 is 1.17 bits per heavy atom. The van der Waals surface area contributed by atoms with Gasteiger partial charge in [-0.2, -0.15) is 0 Å². The highest BCUT2D eigenvalue weighted by Gasteiger charge is 2.23. The van der Waals surface area contributed by atoms with Crippen molar-refractivity contribution in [1.29, 1.82) is 0 Å². The van der Waals surface area contributed by atoms with Crippen LogP contribution in [0.5, 0.6) is 0 Å². The van der Waals surface area contributed by atoms with Gasteiger partial charge in [-0.15, -0.1) is 22.7 Å². The van der Waals surface area contributed by atoms with E-state index in [2.05, 4.69) is 0 Å². The van der Waals surface area contributed by atoms with Crippen molar-refractivity contribution in [3.05, 3.63) is 52.7 Å². The van der Waals surface area contributed by atoms with Crippen molar-refractivity contribution in [3.63, 3.8) is 0 Å². The molecule has 1 amide bonds. The fourth-order valence-corrected chi connectivity index (χ4v) is 4.92. The van der Waals surface area contributed by atoms with Gasteiger partial charge in [-0.3, -0.25) is 9.59 Å². The monoisotopic (exact) mass is 428 g/mol. The zero-order valence-electron chi connectivity index (χ0n) is 16.8. The van der Waals surface area contributed by atoms with Gasteiger partial charge in [0.05, 0.1) is 30.0 Å². The van der Waals surface area contributed by atoms with Crippen LogP contribution in [0.15, 0.2) is 47.8 Å². The molecule has 0 radical (unpaired) electrons. The molecule has 1 atom stereocenters. The Morgan fingerprint density at radius 3 is 2.55 bits per heavy atom. The molecule has 2 aromatic heterocycles. The fourth-order valence-electron chi connectivity index (χ4n) is 3.04. The van der Waals surface area contributed by atoms with E-state index in [-0.39, 0.29) is 24.2 Å². The topological polar surface area (TPSA) is 59.5 Å². The molecular weight excluding hydrogens is 404 g/mol. The summed E-state index contributed by atoms with van der Waals surface area (Å²) in [5.74, 6) is -0.675. The predicted molar refractivity (Wildman–Crippen MR) is 118 cm³/mol. The molecule has 0 fully saturated rings. The second-order valence-electron chi connectivity index (χ2n) is 6.67. The van der Waals surface area contributed by atoms with Crippen LogP contribution in [0.2, 0.25) is 0 Å². The lowest BCUT2D eigenvalue weighted by molar-refractivity contribution is -0.146. The molecule has 3 aromatic rings. The minimum Gasteiger partial charge on any atom is -0.469 e. The van der Waals surface area contributed by atoms with Crippen molar-refractivity contribution in [2.24, 2.45) is 5.92 Å². The van der Waals surface area contributed by atoms with Gasteiger partial charge in [0, 0.05) is 23.5 Å². The van der Waals surface area contributed by atoms with Gasteiger partial charge in [-0.1, -0.05) is 43.3 Å². The summed E-state index contributed by atoms with van der Waals surface area (Å²) in [6, 6.07) is 14.0. The maximum absolute atomic E-state index is 13.0. The molecule has 1 aromatic carbocycles. The SMILES string of the molecule is CCN(CC(C)C(=O)OC)C(=O)Cc1sc(-c2ccccc2)nc1-c1cccs1. The standard InChI is InChI=1S/C22H24N2O3S2/c1-4-24(14-15(2)22(26)27-3)19(25)13-18-20(17-11-8-12-28-17)23-21(29-18)16-9-6-5-7-10-16/h5-12,15H,4,13-14H2,1-3H3. The summed E-state index contributed by atoms with van der Waals surface area (Å²) in [5, 5.41) is 2.92. The number of amides is 1. The van der Waals surface area contributed by atoms with Crippen molar-refractivity contribution in [2.75, 3.05) is 20.2 Å². The van der Waals surface area contributed by atoms with Crippen LogP contribution in [0.25, 0.3) is 21.1 Å². The molecule has 152 valence electrons. The summed E-state index contributed by atoms with van der Waals surface area (Å²) in [6.07, 6.45) is 0.263. The number of nitrogens with zero attached hydrogens (tertiary/aromatic N) is 2. The van der Waals surface area contributed by atoms with E-state index in [1.807, 2.05) is 54.8 Å². The summed E-state index contributed by atoms with van der Waals surface area (Å²) >= 11 is 3.17. The number of ether oxygens (including phenoxy) is 1. The zero-order chi connectivity index (χ0) is 20.8. The average Bonchev–Trinajstić information content (AvgIpc) is 3.41. The second kappa shape index (κ2) is 9.80. The molecule has 1 unspecified atom stereocenters. The number of rotatable bonds is 8. The van der Waals surface area contributed by atoms with Crippen molar-refractivity contribution in [2.45, 2.75) is 20.3 Å². The number of benzene rings is 1. The molecule has 0 aliphatic rings. The molecule has 0 bridgehead atoms. The van der Waals surface area contributed by atoms with Crippen LogP contribution in [0.1, 0.15) is 18.7 Å². The molecule has 29 heavy (non-hydrogen) atoms. The number of aromatic nitrogens is 1. The van der Waals surface area contributed by atoms with Gasteiger partial charge in [0.1, 0.15) is 5.01 Å². The minimum atomic E-state index is -0.359. The van der Waals surface area contributed by atoms with Crippen molar-refractivity contribution in [1.82, 2.24) is 9.88 Å². The van der Waals surface area contributed by atoms with Gasteiger partial charge in [-0.25, -0.2) is 4.98 Å². The van der Waals surface area contributed by atoms with E-state index in [4.69, 9.17) is 9.72 Å². The maximum Gasteiger partial charge on any atom is 0.310 e. The molecule has 0 N–H and O–H groups in total. The largest absolute Gasteiger partial charge is 0.469 e. The third kappa shape index (κ3) is 5.10. The van der Waals surface area contributed by atoms with Crippen LogP contribution in [-0.4, -0.2) is 42.0 Å². The molecule has 0 aliphatic carbocycles. The van der Waals surface area contributed by atoms with Gasteiger partial charge in [0.25, 0.3) is 0 Å². The smallest absolute Gasteiger partial charge is 0.310 e. The van der Waals surface area contributed by atoms with E-state index in [0.29, 0.717) is 13.1 Å². The Kier molecular flexibility index (Phi) is 7.17. The quantitative estimate of drug-likeness (QED) is 0.486. The first-order valence-electron chi connectivity index (χ1n) is 9.48. The fraction of sp³-hybridized carbons (Fsp3) is 0.318. The van der Waals surface area contributed by atoms with E-state index in [9.17, 15) is 9.59 Å². The number of hydrogen-bond acceptors (Lipinski definition) is 6. The van der Waals surface area contributed by atoms with Gasteiger partial charge >= 0.3 is 5.97 Å². The molecule has 3 rings (SSSR count). The summed E-state index contributed by atoms with van der Waals surface area (Å²) < 4.78 is 4.79. The number of esters is 1. The third-order valence-electron chi connectivity index (χ3n) is 4.62. The summed E-state index contributed by atoms with van der Waals surface area (Å²) in [4.78, 5) is 33.3. The Bertz CT molecular complexity index is 952. The van der Waals surface area contributed by atoms with E-state index in [0.717, 1.165) is 26.0 Å². The number of hydrogen-bond donors (Lipinski definition) is 0. The van der Waals surface area contributed by atoms with E-state index in [1.165, 1.54) is 7.11 Å². The lowest BCUT2D eigenvalue weighted by Crippen LogP contribution is -2.37. The molecule has 7 heteroatoms. The van der Waals surface area contributed by atoms with Gasteiger partial charge in [0.2, 0.25) is 5.91 Å². The summed E-state index contributed by atoms with van der Waals surface area (Å²) in [5.41, 5.74) is 1.91. The first-order chi connectivity index (χ1) is 14.0. The van der Waals surface area contributed by atoms with Gasteiger partial charge in [-0.05, 0) is 18.4 Å². The molecular formula is C22H24N2O3S2. The lowest BCUT2D eigenvalue weighted by Gasteiger charge is -2.23. The van der Waals surface area contributed by atoms with Crippen LogP contribution in [-0.2, 0) is 20.7 Å². The number of thiazole rings is 1. The normalized spacial score (nSPS) is 11.8. The van der Waals surface area contributed by atoms with Crippen LogP contribution in [0, 0.1) is 5.92 Å². The summed E-state index contributed by atoms with van der Waals surface area (Å²) in [7, 11) is 1.37. The van der Waals surface area contributed by atoms with Crippen LogP contribution in [0.4, 0.5) is 0 Å². The first kappa shape index (κ1) is 21.2. The number of methoxy groups -OCH3 is 1. The van der Waals surface area contributed by atoms with Crippen molar-refractivity contribution < 1.29 is 14.3 Å². The van der Waals surface area contributed by atoms with E-state index >= 15 is 0 Å². The van der Waals surface area contributed by atoms with Crippen molar-refractivity contribution in [3.8, 4) is 21.1 Å². The Labute approximate surface area is 179 Å². The number of carbonyl (C=O) groups is 2. The van der Waals surface area contributed by atoms with Crippen LogP contribution < -0.4 is 0 Å². The van der Waals surface area contributed by atoms with Gasteiger partial charge in [0.15, 0.2) is 0 Å². The molecule has 0 aliphatic heterocycles. The third-order valence-corrected chi connectivity index (χ3v) is 6.60. The predicted octanol–water partition coefficient (Wildman–Crippen LogP) is 4.74. The van der Waals surface area contributed by atoms with Crippen LogP contribution >= 0.6 is 22.7 Å². The highest BCUT2D eigenvalue weighted by Crippen LogP contribution is 2.36. The maximum atomic E-state index is 13.0. The number of thiophene rings is 1. The Morgan fingerprint density at radius 2 is 1.93 bits per heavy atom. The van der Waals surface area contributed by atoms with E-state index in [1.54, 1.807) is 34.5 Å². The number of likely N-dealkylation sites (N-methyl/N-ethyl adjacent to an activating group) is 1. The van der Waals surface area contributed by atoms with Crippen molar-refractivity contribution >= 4 is 34.6 Å². The minimum absolute atomic E-state index is 0.00989.